The number of benzene rings is 9. The molecule has 0 N–H and O–H groups in total. The van der Waals surface area contributed by atoms with Gasteiger partial charge in [0.15, 0.2) is 5.82 Å². The Balaban J connectivity index is 0.964. The second-order valence-electron chi connectivity index (χ2n) is 15.8. The number of hydrogen-bond acceptors (Lipinski definition) is 2. The molecule has 0 aliphatic heterocycles. The van der Waals surface area contributed by atoms with Gasteiger partial charge in [0.2, 0.25) is 0 Å². The van der Waals surface area contributed by atoms with Crippen molar-refractivity contribution in [2.75, 3.05) is 0 Å². The van der Waals surface area contributed by atoms with Crippen LogP contribution in [0.4, 0.5) is 0 Å². The summed E-state index contributed by atoms with van der Waals surface area (Å²) >= 11 is 0. The van der Waals surface area contributed by atoms with Crippen LogP contribution in [0.5, 0.6) is 0 Å². The second-order valence-corrected chi connectivity index (χ2v) is 15.8. The summed E-state index contributed by atoms with van der Waals surface area (Å²) < 4.78 is 4.83. The van der Waals surface area contributed by atoms with Gasteiger partial charge in [-0.05, 0) is 70.8 Å². The molecule has 0 spiro atoms. The summed E-state index contributed by atoms with van der Waals surface area (Å²) in [5, 5.41) is 4.93. The van der Waals surface area contributed by atoms with E-state index in [1.165, 1.54) is 60.3 Å². The number of nitrogens with zero attached hydrogens (tertiary/aromatic N) is 4. The van der Waals surface area contributed by atoms with E-state index in [9.17, 15) is 0 Å². The first-order valence-electron chi connectivity index (χ1n) is 21.1. The molecule has 0 radical (unpaired) electrons. The lowest BCUT2D eigenvalue weighted by Crippen LogP contribution is -1.97. The van der Waals surface area contributed by atoms with Crippen LogP contribution in [0.3, 0.4) is 0 Å². The van der Waals surface area contributed by atoms with Crippen molar-refractivity contribution in [3.63, 3.8) is 0 Å². The Labute approximate surface area is 359 Å². The fraction of sp³-hybridized carbons (Fsp3) is 0. The summed E-state index contributed by atoms with van der Waals surface area (Å²) in [4.78, 5) is 10.4. The fourth-order valence-corrected chi connectivity index (χ4v) is 9.19. The highest BCUT2D eigenvalue weighted by molar-refractivity contribution is 6.26. The zero-order valence-corrected chi connectivity index (χ0v) is 33.7. The Morgan fingerprint density at radius 1 is 0.274 bits per heavy atom. The van der Waals surface area contributed by atoms with Gasteiger partial charge < -0.3 is 9.13 Å². The van der Waals surface area contributed by atoms with Gasteiger partial charge in [-0.15, -0.1) is 0 Å². The van der Waals surface area contributed by atoms with Crippen molar-refractivity contribution in [3.8, 4) is 67.5 Å². The maximum Gasteiger partial charge on any atom is 0.160 e. The maximum absolute atomic E-state index is 5.23. The summed E-state index contributed by atoms with van der Waals surface area (Å²) in [7, 11) is 0. The summed E-state index contributed by atoms with van der Waals surface area (Å²) in [6.45, 7) is 0. The molecule has 9 aromatic carbocycles. The largest absolute Gasteiger partial charge is 0.309 e. The van der Waals surface area contributed by atoms with E-state index in [-0.39, 0.29) is 0 Å². The van der Waals surface area contributed by atoms with Gasteiger partial charge in [0.25, 0.3) is 0 Å². The molecule has 0 atom stereocenters. The standard InChI is InChI=1S/C58H38N4/c1-4-14-39(15-5-1)40-24-26-41(27-25-40)42-28-30-45(31-29-42)58-59-51(43-16-6-2-7-17-43)38-52(60-58)44-32-34-47(35-33-44)62-53-22-12-10-20-48(53)49-36-37-55-56(57(49)62)50-21-11-13-23-54(50)61(55)46-18-8-3-9-19-46/h1-38H. The lowest BCUT2D eigenvalue weighted by Gasteiger charge is -2.12. The predicted molar refractivity (Wildman–Crippen MR) is 258 cm³/mol. The van der Waals surface area contributed by atoms with Crippen LogP contribution in [0.1, 0.15) is 0 Å². The molecule has 0 bridgehead atoms. The molecule has 3 aromatic heterocycles. The first kappa shape index (κ1) is 35.6. The number of aromatic nitrogens is 4. The van der Waals surface area contributed by atoms with E-state index >= 15 is 0 Å². The molecule has 0 aliphatic rings. The van der Waals surface area contributed by atoms with Crippen LogP contribution in [-0.2, 0) is 0 Å². The molecular weight excluding hydrogens is 753 g/mol. The van der Waals surface area contributed by atoms with Crippen LogP contribution < -0.4 is 0 Å². The van der Waals surface area contributed by atoms with Crippen LogP contribution in [0, 0.1) is 0 Å². The molecule has 12 aromatic rings. The molecule has 0 unspecified atom stereocenters. The van der Waals surface area contributed by atoms with Gasteiger partial charge in [0.1, 0.15) is 0 Å². The van der Waals surface area contributed by atoms with Gasteiger partial charge in [-0.2, -0.15) is 0 Å². The van der Waals surface area contributed by atoms with E-state index in [1.54, 1.807) is 0 Å². The van der Waals surface area contributed by atoms with Crippen molar-refractivity contribution >= 4 is 43.6 Å². The summed E-state index contributed by atoms with van der Waals surface area (Å²) in [6, 6.07) is 82.0. The van der Waals surface area contributed by atoms with Crippen LogP contribution >= 0.6 is 0 Å². The van der Waals surface area contributed by atoms with Crippen molar-refractivity contribution in [3.05, 3.63) is 231 Å². The Morgan fingerprint density at radius 2 is 0.710 bits per heavy atom. The van der Waals surface area contributed by atoms with E-state index in [4.69, 9.17) is 9.97 Å². The number of para-hydroxylation sites is 3. The molecule has 4 nitrogen and oxygen atoms in total. The Morgan fingerprint density at radius 3 is 1.32 bits per heavy atom. The van der Waals surface area contributed by atoms with Crippen LogP contribution in [-0.4, -0.2) is 19.1 Å². The Kier molecular flexibility index (Phi) is 8.46. The lowest BCUT2D eigenvalue weighted by atomic mass is 9.99. The molecule has 0 fully saturated rings. The van der Waals surface area contributed by atoms with Crippen molar-refractivity contribution in [2.45, 2.75) is 0 Å². The number of rotatable bonds is 7. The normalized spacial score (nSPS) is 11.5. The van der Waals surface area contributed by atoms with Crippen LogP contribution in [0.25, 0.3) is 111 Å². The fourth-order valence-electron chi connectivity index (χ4n) is 9.19. The molecule has 0 saturated carbocycles. The smallest absolute Gasteiger partial charge is 0.160 e. The van der Waals surface area contributed by atoms with Gasteiger partial charge in [-0.1, -0.05) is 182 Å². The molecule has 3 heterocycles. The summed E-state index contributed by atoms with van der Waals surface area (Å²) in [6.07, 6.45) is 0. The third kappa shape index (κ3) is 6.00. The molecule has 0 amide bonds. The summed E-state index contributed by atoms with van der Waals surface area (Å²) in [5.41, 5.74) is 16.5. The van der Waals surface area contributed by atoms with Crippen molar-refractivity contribution in [2.24, 2.45) is 0 Å². The third-order valence-electron chi connectivity index (χ3n) is 12.2. The van der Waals surface area contributed by atoms with Crippen molar-refractivity contribution < 1.29 is 0 Å². The highest BCUT2D eigenvalue weighted by atomic mass is 15.0. The van der Waals surface area contributed by atoms with Gasteiger partial charge in [-0.25, -0.2) is 9.97 Å². The quantitative estimate of drug-likeness (QED) is 0.161. The molecular formula is C58H38N4. The van der Waals surface area contributed by atoms with Gasteiger partial charge in [-0.3, -0.25) is 0 Å². The molecule has 62 heavy (non-hydrogen) atoms. The first-order chi connectivity index (χ1) is 30.7. The van der Waals surface area contributed by atoms with E-state index in [1.807, 2.05) is 6.07 Å². The SMILES string of the molecule is c1ccc(-c2ccc(-c3ccc(-c4nc(-c5ccccc5)cc(-c5ccc(-n6c7ccccc7c7ccc8c(c9ccccc9n8-c8ccccc8)c76)cc5)n4)cc3)cc2)cc1. The number of hydrogen-bond donors (Lipinski definition) is 0. The minimum atomic E-state index is 0.691. The van der Waals surface area contributed by atoms with Crippen LogP contribution in [0.15, 0.2) is 231 Å². The monoisotopic (exact) mass is 790 g/mol. The summed E-state index contributed by atoms with van der Waals surface area (Å²) in [5.74, 6) is 0.691. The zero-order valence-electron chi connectivity index (χ0n) is 33.7. The van der Waals surface area contributed by atoms with Crippen molar-refractivity contribution in [1.82, 2.24) is 19.1 Å². The topological polar surface area (TPSA) is 35.6 Å². The zero-order chi connectivity index (χ0) is 41.0. The minimum Gasteiger partial charge on any atom is -0.309 e. The Hall–Kier alpha value is -8.34. The highest BCUT2D eigenvalue weighted by Gasteiger charge is 2.21. The van der Waals surface area contributed by atoms with E-state index in [0.717, 1.165) is 45.0 Å². The molecule has 290 valence electrons. The van der Waals surface area contributed by atoms with Gasteiger partial charge in [0.05, 0.1) is 33.5 Å². The number of fused-ring (bicyclic) bond motifs is 7. The van der Waals surface area contributed by atoms with Gasteiger partial charge >= 0.3 is 0 Å². The lowest BCUT2D eigenvalue weighted by molar-refractivity contribution is 1.17. The molecule has 12 rings (SSSR count). The molecule has 0 aliphatic carbocycles. The molecule has 0 saturated heterocycles. The third-order valence-corrected chi connectivity index (χ3v) is 12.2. The van der Waals surface area contributed by atoms with E-state index < -0.39 is 0 Å². The average Bonchev–Trinajstić information content (AvgIpc) is 3.88. The van der Waals surface area contributed by atoms with Crippen LogP contribution in [0.2, 0.25) is 0 Å². The van der Waals surface area contributed by atoms with E-state index in [2.05, 4.69) is 234 Å². The van der Waals surface area contributed by atoms with E-state index in [0.29, 0.717) is 5.82 Å². The van der Waals surface area contributed by atoms with Crippen molar-refractivity contribution in [1.29, 1.82) is 0 Å². The molecule has 4 heteroatoms. The predicted octanol–water partition coefficient (Wildman–Crippen LogP) is 15.0. The first-order valence-corrected chi connectivity index (χ1v) is 21.1. The van der Waals surface area contributed by atoms with Gasteiger partial charge in [0, 0.05) is 49.6 Å². The maximum atomic E-state index is 5.23. The Bertz CT molecular complexity index is 3570. The average molecular weight is 791 g/mol. The minimum absolute atomic E-state index is 0.691. The highest BCUT2D eigenvalue weighted by Crippen LogP contribution is 2.42. The second kappa shape index (κ2) is 14.7.